The SMILES string of the molecule is CC1CCC2(CC1)OC[C@H](CN[C@@H](C(N)=O)c1ccccc1)O2. The van der Waals surface area contributed by atoms with E-state index in [1.807, 2.05) is 30.3 Å². The molecule has 1 aliphatic carbocycles. The molecule has 2 atom stereocenters. The predicted molar refractivity (Wildman–Crippen MR) is 87.6 cm³/mol. The first-order valence-corrected chi connectivity index (χ1v) is 8.47. The van der Waals surface area contributed by atoms with Gasteiger partial charge in [0.2, 0.25) is 5.91 Å². The molecule has 2 aliphatic rings. The summed E-state index contributed by atoms with van der Waals surface area (Å²) in [4.78, 5) is 11.7. The topological polar surface area (TPSA) is 73.6 Å². The van der Waals surface area contributed by atoms with Crippen LogP contribution in [0.1, 0.15) is 44.2 Å². The maximum atomic E-state index is 11.7. The molecule has 0 radical (unpaired) electrons. The Kier molecular flexibility index (Phi) is 4.99. The van der Waals surface area contributed by atoms with Crippen LogP contribution < -0.4 is 11.1 Å². The summed E-state index contributed by atoms with van der Waals surface area (Å²) in [5.74, 6) is -0.0213. The molecule has 3 N–H and O–H groups in total. The van der Waals surface area contributed by atoms with E-state index in [2.05, 4.69) is 12.2 Å². The Balaban J connectivity index is 1.55. The van der Waals surface area contributed by atoms with E-state index in [0.717, 1.165) is 37.2 Å². The van der Waals surface area contributed by atoms with Crippen molar-refractivity contribution < 1.29 is 14.3 Å². The van der Waals surface area contributed by atoms with E-state index in [1.54, 1.807) is 0 Å². The van der Waals surface area contributed by atoms with E-state index >= 15 is 0 Å². The van der Waals surface area contributed by atoms with Crippen molar-refractivity contribution in [1.82, 2.24) is 5.32 Å². The Hall–Kier alpha value is -1.43. The van der Waals surface area contributed by atoms with Gasteiger partial charge in [0.25, 0.3) is 0 Å². The van der Waals surface area contributed by atoms with Crippen molar-refractivity contribution >= 4 is 5.91 Å². The summed E-state index contributed by atoms with van der Waals surface area (Å²) >= 11 is 0. The summed E-state index contributed by atoms with van der Waals surface area (Å²) in [6.45, 7) is 3.40. The molecule has 5 heteroatoms. The monoisotopic (exact) mass is 318 g/mol. The molecule has 3 rings (SSSR count). The van der Waals surface area contributed by atoms with Crippen molar-refractivity contribution in [2.75, 3.05) is 13.2 Å². The zero-order valence-corrected chi connectivity index (χ0v) is 13.7. The van der Waals surface area contributed by atoms with Gasteiger partial charge >= 0.3 is 0 Å². The second-order valence-corrected chi connectivity index (χ2v) is 6.80. The van der Waals surface area contributed by atoms with Crippen LogP contribution in [-0.2, 0) is 14.3 Å². The lowest BCUT2D eigenvalue weighted by Gasteiger charge is -2.34. The molecular formula is C18H26N2O3. The van der Waals surface area contributed by atoms with Gasteiger partial charge in [0, 0.05) is 19.4 Å². The van der Waals surface area contributed by atoms with Crippen LogP contribution in [0.5, 0.6) is 0 Å². The van der Waals surface area contributed by atoms with E-state index in [0.29, 0.717) is 13.2 Å². The van der Waals surface area contributed by atoms with Crippen LogP contribution >= 0.6 is 0 Å². The van der Waals surface area contributed by atoms with Gasteiger partial charge in [0.1, 0.15) is 6.04 Å². The molecule has 0 aromatic heterocycles. The molecule has 1 saturated heterocycles. The third-order valence-corrected chi connectivity index (χ3v) is 4.92. The van der Waals surface area contributed by atoms with Gasteiger partial charge in [0.05, 0.1) is 12.7 Å². The average molecular weight is 318 g/mol. The van der Waals surface area contributed by atoms with Gasteiger partial charge in [-0.2, -0.15) is 0 Å². The van der Waals surface area contributed by atoms with E-state index in [-0.39, 0.29) is 12.0 Å². The highest BCUT2D eigenvalue weighted by Crippen LogP contribution is 2.39. The normalized spacial score (nSPS) is 32.0. The molecule has 5 nitrogen and oxygen atoms in total. The predicted octanol–water partition coefficient (Wildman–Crippen LogP) is 2.12. The van der Waals surface area contributed by atoms with E-state index in [9.17, 15) is 4.79 Å². The molecular weight excluding hydrogens is 292 g/mol. The summed E-state index contributed by atoms with van der Waals surface area (Å²) in [5, 5.41) is 3.23. The quantitative estimate of drug-likeness (QED) is 0.872. The van der Waals surface area contributed by atoms with Crippen molar-refractivity contribution in [1.29, 1.82) is 0 Å². The summed E-state index contributed by atoms with van der Waals surface area (Å²) in [6.07, 6.45) is 4.18. The number of primary amides is 1. The second kappa shape index (κ2) is 6.99. The molecule has 126 valence electrons. The Labute approximate surface area is 137 Å². The molecule has 1 aromatic carbocycles. The number of rotatable bonds is 5. The first-order chi connectivity index (χ1) is 11.1. The first-order valence-electron chi connectivity index (χ1n) is 8.47. The number of carbonyl (C=O) groups is 1. The number of hydrogen-bond donors (Lipinski definition) is 2. The number of ether oxygens (including phenoxy) is 2. The number of amides is 1. The van der Waals surface area contributed by atoms with Gasteiger partial charge in [-0.1, -0.05) is 37.3 Å². The van der Waals surface area contributed by atoms with Gasteiger partial charge in [0.15, 0.2) is 5.79 Å². The van der Waals surface area contributed by atoms with Crippen LogP contribution in [0.3, 0.4) is 0 Å². The van der Waals surface area contributed by atoms with Gasteiger partial charge < -0.3 is 15.2 Å². The summed E-state index contributed by atoms with van der Waals surface area (Å²) in [5.41, 5.74) is 6.41. The van der Waals surface area contributed by atoms with Crippen LogP contribution in [0, 0.1) is 5.92 Å². The van der Waals surface area contributed by atoms with Crippen molar-refractivity contribution in [2.24, 2.45) is 11.7 Å². The highest BCUT2D eigenvalue weighted by atomic mass is 16.7. The van der Waals surface area contributed by atoms with Gasteiger partial charge in [-0.15, -0.1) is 0 Å². The number of nitrogens with one attached hydrogen (secondary N) is 1. The number of benzene rings is 1. The highest BCUT2D eigenvalue weighted by Gasteiger charge is 2.43. The summed E-state index contributed by atoms with van der Waals surface area (Å²) in [7, 11) is 0. The molecule has 1 heterocycles. The molecule has 0 unspecified atom stereocenters. The Bertz CT molecular complexity index is 526. The van der Waals surface area contributed by atoms with Gasteiger partial charge in [-0.25, -0.2) is 0 Å². The van der Waals surface area contributed by atoms with Crippen LogP contribution in [-0.4, -0.2) is 30.9 Å². The number of hydrogen-bond acceptors (Lipinski definition) is 4. The van der Waals surface area contributed by atoms with E-state index < -0.39 is 11.8 Å². The summed E-state index contributed by atoms with van der Waals surface area (Å²) in [6, 6.07) is 9.03. The van der Waals surface area contributed by atoms with Crippen molar-refractivity contribution in [3.8, 4) is 0 Å². The van der Waals surface area contributed by atoms with Crippen LogP contribution in [0.25, 0.3) is 0 Å². The third kappa shape index (κ3) is 3.91. The van der Waals surface area contributed by atoms with Gasteiger partial charge in [-0.05, 0) is 24.3 Å². The minimum absolute atomic E-state index is 0.0334. The zero-order chi connectivity index (χ0) is 16.3. The molecule has 1 aliphatic heterocycles. The molecule has 1 aromatic rings. The fourth-order valence-corrected chi connectivity index (χ4v) is 3.46. The molecule has 1 amide bonds. The smallest absolute Gasteiger partial charge is 0.239 e. The third-order valence-electron chi connectivity index (χ3n) is 4.92. The number of nitrogens with two attached hydrogens (primary N) is 1. The lowest BCUT2D eigenvalue weighted by Crippen LogP contribution is -2.40. The second-order valence-electron chi connectivity index (χ2n) is 6.80. The lowest BCUT2D eigenvalue weighted by atomic mass is 9.86. The van der Waals surface area contributed by atoms with Crippen LogP contribution in [0.4, 0.5) is 0 Å². The molecule has 1 spiro atoms. The highest BCUT2D eigenvalue weighted by molar-refractivity contribution is 5.81. The maximum absolute atomic E-state index is 11.7. The van der Waals surface area contributed by atoms with Crippen LogP contribution in [0.15, 0.2) is 30.3 Å². The largest absolute Gasteiger partial charge is 0.368 e. The number of carbonyl (C=O) groups excluding carboxylic acids is 1. The molecule has 23 heavy (non-hydrogen) atoms. The fraction of sp³-hybridized carbons (Fsp3) is 0.611. The zero-order valence-electron chi connectivity index (χ0n) is 13.7. The lowest BCUT2D eigenvalue weighted by molar-refractivity contribution is -0.191. The van der Waals surface area contributed by atoms with Crippen molar-refractivity contribution in [2.45, 2.75) is 50.5 Å². The van der Waals surface area contributed by atoms with Crippen molar-refractivity contribution in [3.05, 3.63) is 35.9 Å². The Morgan fingerprint density at radius 2 is 2.04 bits per heavy atom. The van der Waals surface area contributed by atoms with Gasteiger partial charge in [-0.3, -0.25) is 10.1 Å². The molecule has 1 saturated carbocycles. The molecule has 2 fully saturated rings. The van der Waals surface area contributed by atoms with Crippen molar-refractivity contribution in [3.63, 3.8) is 0 Å². The molecule has 0 bridgehead atoms. The Morgan fingerprint density at radius 1 is 1.35 bits per heavy atom. The summed E-state index contributed by atoms with van der Waals surface area (Å²) < 4.78 is 12.1. The Morgan fingerprint density at radius 3 is 2.70 bits per heavy atom. The minimum atomic E-state index is -0.497. The average Bonchev–Trinajstić information content (AvgIpc) is 2.95. The van der Waals surface area contributed by atoms with Crippen LogP contribution in [0.2, 0.25) is 0 Å². The maximum Gasteiger partial charge on any atom is 0.239 e. The fourth-order valence-electron chi connectivity index (χ4n) is 3.46. The minimum Gasteiger partial charge on any atom is -0.368 e. The standard InChI is InChI=1S/C18H26N2O3/c1-13-7-9-18(10-8-13)22-12-15(23-18)11-20-16(17(19)21)14-5-3-2-4-6-14/h2-6,13,15-16,20H,7-12H2,1H3,(H2,19,21)/t13?,15-,16+,18?/m0/s1. The van der Waals surface area contributed by atoms with E-state index in [1.165, 1.54) is 0 Å². The van der Waals surface area contributed by atoms with E-state index in [4.69, 9.17) is 15.2 Å². The first kappa shape index (κ1) is 16.4.